The maximum Gasteiger partial charge on any atom is 0.339 e. The second kappa shape index (κ2) is 11.0. The molecule has 7 nitrogen and oxygen atoms in total. The minimum Gasteiger partial charge on any atom is -0.496 e. The molecule has 0 atom stereocenters. The molecule has 0 heterocycles. The largest absolute Gasteiger partial charge is 0.496 e. The quantitative estimate of drug-likeness (QED) is 0.372. The molecule has 34 heavy (non-hydrogen) atoms. The molecule has 3 aromatic carbocycles. The summed E-state index contributed by atoms with van der Waals surface area (Å²) >= 11 is 0. The fourth-order valence-electron chi connectivity index (χ4n) is 3.29. The summed E-state index contributed by atoms with van der Waals surface area (Å²) in [6, 6.07) is 15.2. The van der Waals surface area contributed by atoms with E-state index in [1.54, 1.807) is 57.7 Å². The van der Waals surface area contributed by atoms with Crippen molar-refractivity contribution in [2.45, 2.75) is 18.2 Å². The third kappa shape index (κ3) is 5.82. The highest BCUT2D eigenvalue weighted by atomic mass is 32.2. The third-order valence-electron chi connectivity index (χ3n) is 5.13. The Morgan fingerprint density at radius 1 is 0.735 bits per heavy atom. The zero-order chi connectivity index (χ0) is 24.7. The normalized spacial score (nSPS) is 11.3. The SMILES string of the molecule is COc1cc(OC)c(/C=C/Cc2ccc(OC)c(OS(=O)(=O)c3ccc(C)cc3)c2)c(OC)c1. The summed E-state index contributed by atoms with van der Waals surface area (Å²) in [6.07, 6.45) is 4.31. The van der Waals surface area contributed by atoms with Crippen molar-refractivity contribution in [2.75, 3.05) is 28.4 Å². The zero-order valence-electron chi connectivity index (χ0n) is 19.8. The lowest BCUT2D eigenvalue weighted by Crippen LogP contribution is -2.10. The van der Waals surface area contributed by atoms with Gasteiger partial charge in [0.15, 0.2) is 11.5 Å². The summed E-state index contributed by atoms with van der Waals surface area (Å²) in [5.41, 5.74) is 2.55. The first-order valence-electron chi connectivity index (χ1n) is 10.5. The molecule has 0 amide bonds. The average Bonchev–Trinajstić information content (AvgIpc) is 2.84. The molecule has 0 N–H and O–H groups in total. The van der Waals surface area contributed by atoms with E-state index in [9.17, 15) is 8.42 Å². The first kappa shape index (κ1) is 25.0. The number of hydrogen-bond acceptors (Lipinski definition) is 7. The standard InChI is InChI=1S/C26H28O7S/c1-18-9-12-21(13-10-18)34(27,28)33-26-15-19(11-14-23(26)30-3)7-6-8-22-24(31-4)16-20(29-2)17-25(22)32-5/h6,8-17H,7H2,1-5H3/b8-6+. The molecular weight excluding hydrogens is 456 g/mol. The number of allylic oxidation sites excluding steroid dienone is 1. The molecule has 0 fully saturated rings. The van der Waals surface area contributed by atoms with Crippen LogP contribution in [-0.4, -0.2) is 36.9 Å². The summed E-state index contributed by atoms with van der Waals surface area (Å²) in [4.78, 5) is 0.0733. The van der Waals surface area contributed by atoms with Gasteiger partial charge in [-0.2, -0.15) is 8.42 Å². The van der Waals surface area contributed by atoms with Gasteiger partial charge in [-0.3, -0.25) is 0 Å². The van der Waals surface area contributed by atoms with Gasteiger partial charge >= 0.3 is 10.1 Å². The van der Waals surface area contributed by atoms with Crippen LogP contribution in [0.5, 0.6) is 28.7 Å². The van der Waals surface area contributed by atoms with E-state index in [2.05, 4.69) is 0 Å². The van der Waals surface area contributed by atoms with Crippen LogP contribution in [0.15, 0.2) is 65.6 Å². The number of methoxy groups -OCH3 is 4. The van der Waals surface area contributed by atoms with Crippen LogP contribution in [0.1, 0.15) is 16.7 Å². The topological polar surface area (TPSA) is 80.3 Å². The Bertz CT molecular complexity index is 1240. The molecule has 180 valence electrons. The summed E-state index contributed by atoms with van der Waals surface area (Å²) in [7, 11) is 2.18. The van der Waals surface area contributed by atoms with E-state index in [4.69, 9.17) is 23.1 Å². The summed E-state index contributed by atoms with van der Waals surface area (Å²) in [6.45, 7) is 1.88. The van der Waals surface area contributed by atoms with E-state index >= 15 is 0 Å². The van der Waals surface area contributed by atoms with Crippen molar-refractivity contribution in [1.29, 1.82) is 0 Å². The van der Waals surface area contributed by atoms with Crippen molar-refractivity contribution >= 4 is 16.2 Å². The number of hydrogen-bond donors (Lipinski definition) is 0. The summed E-state index contributed by atoms with van der Waals surface area (Å²) in [5.74, 6) is 2.28. The van der Waals surface area contributed by atoms with E-state index in [1.165, 1.54) is 19.2 Å². The third-order valence-corrected chi connectivity index (χ3v) is 6.38. The van der Waals surface area contributed by atoms with Gasteiger partial charge in [-0.25, -0.2) is 0 Å². The first-order chi connectivity index (χ1) is 16.3. The lowest BCUT2D eigenvalue weighted by atomic mass is 10.1. The van der Waals surface area contributed by atoms with E-state index in [0.717, 1.165) is 16.7 Å². The molecule has 0 aliphatic carbocycles. The van der Waals surface area contributed by atoms with Gasteiger partial charge in [-0.05, 0) is 43.2 Å². The van der Waals surface area contributed by atoms with E-state index in [0.29, 0.717) is 29.4 Å². The molecule has 0 aliphatic rings. The summed E-state index contributed by atoms with van der Waals surface area (Å²) < 4.78 is 52.5. The molecule has 0 radical (unpaired) electrons. The molecule has 0 spiro atoms. The van der Waals surface area contributed by atoms with Gasteiger partial charge in [-0.1, -0.05) is 35.9 Å². The molecule has 0 aromatic heterocycles. The van der Waals surface area contributed by atoms with Crippen LogP contribution in [-0.2, 0) is 16.5 Å². The predicted molar refractivity (Wildman–Crippen MR) is 131 cm³/mol. The molecule has 0 unspecified atom stereocenters. The van der Waals surface area contributed by atoms with Gasteiger partial charge in [0.1, 0.15) is 22.1 Å². The van der Waals surface area contributed by atoms with Gasteiger partial charge in [0.2, 0.25) is 0 Å². The lowest BCUT2D eigenvalue weighted by molar-refractivity contribution is 0.374. The number of aryl methyl sites for hydroxylation is 1. The van der Waals surface area contributed by atoms with Crippen LogP contribution in [0.3, 0.4) is 0 Å². The molecule has 0 saturated carbocycles. The maximum atomic E-state index is 12.8. The molecular formula is C26H28O7S. The van der Waals surface area contributed by atoms with Crippen molar-refractivity contribution in [3.63, 3.8) is 0 Å². The molecule has 3 rings (SSSR count). The van der Waals surface area contributed by atoms with Gasteiger partial charge in [0.05, 0.1) is 34.0 Å². The monoisotopic (exact) mass is 484 g/mol. The minimum absolute atomic E-state index is 0.0733. The second-order valence-electron chi connectivity index (χ2n) is 7.39. The number of benzene rings is 3. The highest BCUT2D eigenvalue weighted by Crippen LogP contribution is 2.35. The van der Waals surface area contributed by atoms with Crippen molar-refractivity contribution in [2.24, 2.45) is 0 Å². The Morgan fingerprint density at radius 3 is 1.91 bits per heavy atom. The maximum absolute atomic E-state index is 12.8. The Hall–Kier alpha value is -3.65. The zero-order valence-corrected chi connectivity index (χ0v) is 20.6. The minimum atomic E-state index is -4.01. The van der Waals surface area contributed by atoms with Crippen LogP contribution in [0.25, 0.3) is 6.08 Å². The fraction of sp³-hybridized carbons (Fsp3) is 0.231. The van der Waals surface area contributed by atoms with E-state index in [-0.39, 0.29) is 10.6 Å². The van der Waals surface area contributed by atoms with Crippen molar-refractivity contribution in [1.82, 2.24) is 0 Å². The highest BCUT2D eigenvalue weighted by Gasteiger charge is 2.19. The first-order valence-corrected chi connectivity index (χ1v) is 11.9. The van der Waals surface area contributed by atoms with Crippen LogP contribution in [0.4, 0.5) is 0 Å². The molecule has 0 aliphatic heterocycles. The van der Waals surface area contributed by atoms with Crippen molar-refractivity contribution in [3.8, 4) is 28.7 Å². The van der Waals surface area contributed by atoms with Crippen molar-refractivity contribution < 1.29 is 31.5 Å². The van der Waals surface area contributed by atoms with Gasteiger partial charge in [-0.15, -0.1) is 0 Å². The highest BCUT2D eigenvalue weighted by molar-refractivity contribution is 7.87. The van der Waals surface area contributed by atoms with Gasteiger partial charge in [0, 0.05) is 12.1 Å². The van der Waals surface area contributed by atoms with E-state index in [1.807, 2.05) is 25.1 Å². The average molecular weight is 485 g/mol. The molecule has 3 aromatic rings. The second-order valence-corrected chi connectivity index (χ2v) is 8.93. The Morgan fingerprint density at radius 2 is 1.35 bits per heavy atom. The smallest absolute Gasteiger partial charge is 0.339 e. The van der Waals surface area contributed by atoms with Gasteiger partial charge < -0.3 is 23.1 Å². The fourth-order valence-corrected chi connectivity index (χ4v) is 4.23. The Labute approximate surface area is 200 Å². The van der Waals surface area contributed by atoms with Gasteiger partial charge in [0.25, 0.3) is 0 Å². The molecule has 8 heteroatoms. The lowest BCUT2D eigenvalue weighted by Gasteiger charge is -2.13. The van der Waals surface area contributed by atoms with Crippen molar-refractivity contribution in [3.05, 3.63) is 77.4 Å². The molecule has 0 saturated heterocycles. The van der Waals surface area contributed by atoms with Crippen LogP contribution >= 0.6 is 0 Å². The number of rotatable bonds is 10. The predicted octanol–water partition coefficient (Wildman–Crippen LogP) is 5.05. The molecule has 0 bridgehead atoms. The Balaban J connectivity index is 1.85. The number of ether oxygens (including phenoxy) is 4. The van der Waals surface area contributed by atoms with Crippen LogP contribution in [0.2, 0.25) is 0 Å². The summed E-state index contributed by atoms with van der Waals surface area (Å²) in [5, 5.41) is 0. The Kier molecular flexibility index (Phi) is 8.07. The van der Waals surface area contributed by atoms with Crippen LogP contribution in [0, 0.1) is 6.92 Å². The van der Waals surface area contributed by atoms with Crippen LogP contribution < -0.4 is 23.1 Å². The van der Waals surface area contributed by atoms with E-state index < -0.39 is 10.1 Å².